The first-order valence-corrected chi connectivity index (χ1v) is 12.5. The van der Waals surface area contributed by atoms with Gasteiger partial charge in [-0.15, -0.1) is 34.0 Å². The van der Waals surface area contributed by atoms with Crippen LogP contribution in [0.3, 0.4) is 0 Å². The summed E-state index contributed by atoms with van der Waals surface area (Å²) in [6.45, 7) is 2.72. The van der Waals surface area contributed by atoms with Crippen LogP contribution in [-0.2, 0) is 17.6 Å². The Morgan fingerprint density at radius 3 is 2.63 bits per heavy atom. The highest BCUT2D eigenvalue weighted by atomic mass is 32.1. The predicted molar refractivity (Wildman–Crippen MR) is 127 cm³/mol. The number of benzene rings is 1. The van der Waals surface area contributed by atoms with E-state index in [9.17, 15) is 4.79 Å². The summed E-state index contributed by atoms with van der Waals surface area (Å²) in [5.74, 6) is 0.0566. The fourth-order valence-electron chi connectivity index (χ4n) is 3.14. The van der Waals surface area contributed by atoms with Gasteiger partial charge in [0.1, 0.15) is 5.01 Å². The molecule has 0 aliphatic carbocycles. The molecule has 3 aromatic heterocycles. The van der Waals surface area contributed by atoms with Gasteiger partial charge in [0.15, 0.2) is 0 Å². The lowest BCUT2D eigenvalue weighted by atomic mass is 10.2. The first kappa shape index (κ1) is 20.9. The Morgan fingerprint density at radius 2 is 1.90 bits per heavy atom. The summed E-state index contributed by atoms with van der Waals surface area (Å²) in [6, 6.07) is 14.2. The molecule has 3 heterocycles. The van der Waals surface area contributed by atoms with Crippen LogP contribution in [0.2, 0.25) is 0 Å². The van der Waals surface area contributed by atoms with Gasteiger partial charge in [0.05, 0.1) is 22.0 Å². The van der Waals surface area contributed by atoms with E-state index in [1.165, 1.54) is 5.01 Å². The quantitative estimate of drug-likeness (QED) is 0.317. The smallest absolute Gasteiger partial charge is 0.225 e. The molecule has 0 fully saturated rings. The van der Waals surface area contributed by atoms with Crippen molar-refractivity contribution in [1.82, 2.24) is 15.3 Å². The normalized spacial score (nSPS) is 11.0. The van der Waals surface area contributed by atoms with Crippen molar-refractivity contribution in [2.75, 3.05) is 6.54 Å². The minimum atomic E-state index is 0.0566. The number of amides is 1. The number of carbonyl (C=O) groups is 1. The first-order chi connectivity index (χ1) is 14.7. The maximum Gasteiger partial charge on any atom is 0.225 e. The predicted octanol–water partition coefficient (Wildman–Crippen LogP) is 5.99. The molecule has 4 aromatic rings. The van der Waals surface area contributed by atoms with Crippen molar-refractivity contribution in [1.29, 1.82) is 0 Å². The third-order valence-electron chi connectivity index (χ3n) is 4.60. The molecular weight excluding hydrogens is 430 g/mol. The van der Waals surface area contributed by atoms with Crippen LogP contribution in [0.5, 0.6) is 0 Å². The van der Waals surface area contributed by atoms with Gasteiger partial charge in [0.2, 0.25) is 5.91 Å². The van der Waals surface area contributed by atoms with E-state index < -0.39 is 0 Å². The zero-order chi connectivity index (χ0) is 20.8. The molecule has 0 bridgehead atoms. The Hall–Kier alpha value is -2.35. The molecule has 1 aromatic carbocycles. The molecule has 0 radical (unpaired) electrons. The molecule has 0 saturated heterocycles. The van der Waals surface area contributed by atoms with Gasteiger partial charge in [-0.1, -0.05) is 36.4 Å². The van der Waals surface area contributed by atoms with Gasteiger partial charge in [-0.05, 0) is 37.6 Å². The average molecular weight is 454 g/mol. The molecule has 4 nitrogen and oxygen atoms in total. The summed E-state index contributed by atoms with van der Waals surface area (Å²) in [4.78, 5) is 24.1. The number of thiophene rings is 1. The Morgan fingerprint density at radius 1 is 1.03 bits per heavy atom. The van der Waals surface area contributed by atoms with Crippen molar-refractivity contribution in [3.05, 3.63) is 68.8 Å². The minimum absolute atomic E-state index is 0.0566. The summed E-state index contributed by atoms with van der Waals surface area (Å²) in [7, 11) is 0. The summed E-state index contributed by atoms with van der Waals surface area (Å²) in [5, 5.41) is 9.34. The number of aromatic nitrogens is 2. The molecule has 1 N–H and O–H groups in total. The van der Waals surface area contributed by atoms with Crippen molar-refractivity contribution < 1.29 is 4.79 Å². The Balaban J connectivity index is 1.35. The molecule has 0 spiro atoms. The van der Waals surface area contributed by atoms with Gasteiger partial charge in [0, 0.05) is 28.1 Å². The standard InChI is InChI=1S/C23H23N3OS3/c1-16-15-29-21(25-16)11-5-6-12-24-20(27)14-19-22(18-10-7-13-28-18)26-23(30-19)17-8-3-2-4-9-17/h2-4,7-10,13,15H,5-6,11-12,14H2,1H3,(H,24,27). The molecule has 0 saturated carbocycles. The van der Waals surface area contributed by atoms with E-state index in [1.54, 1.807) is 34.0 Å². The second kappa shape index (κ2) is 10.1. The fourth-order valence-corrected chi connectivity index (χ4v) is 5.84. The summed E-state index contributed by atoms with van der Waals surface area (Å²) in [5.41, 5.74) is 3.11. The van der Waals surface area contributed by atoms with Crippen LogP contribution in [0, 0.1) is 6.92 Å². The largest absolute Gasteiger partial charge is 0.356 e. The topological polar surface area (TPSA) is 54.9 Å². The van der Waals surface area contributed by atoms with Gasteiger partial charge in [-0.25, -0.2) is 9.97 Å². The van der Waals surface area contributed by atoms with Crippen LogP contribution in [0.15, 0.2) is 53.2 Å². The second-order valence-electron chi connectivity index (χ2n) is 7.00. The van der Waals surface area contributed by atoms with Crippen molar-refractivity contribution >= 4 is 39.9 Å². The molecule has 7 heteroatoms. The number of hydrogen-bond donors (Lipinski definition) is 1. The van der Waals surface area contributed by atoms with Crippen LogP contribution in [0.4, 0.5) is 0 Å². The van der Waals surface area contributed by atoms with E-state index in [0.717, 1.165) is 51.0 Å². The number of nitrogens with zero attached hydrogens (tertiary/aromatic N) is 2. The van der Waals surface area contributed by atoms with Gasteiger partial charge >= 0.3 is 0 Å². The number of rotatable bonds is 9. The van der Waals surface area contributed by atoms with Crippen LogP contribution >= 0.6 is 34.0 Å². The first-order valence-electron chi connectivity index (χ1n) is 9.96. The highest BCUT2D eigenvalue weighted by Crippen LogP contribution is 2.36. The summed E-state index contributed by atoms with van der Waals surface area (Å²) >= 11 is 4.98. The van der Waals surface area contributed by atoms with Crippen molar-refractivity contribution in [3.8, 4) is 21.1 Å². The van der Waals surface area contributed by atoms with E-state index in [2.05, 4.69) is 33.9 Å². The lowest BCUT2D eigenvalue weighted by molar-refractivity contribution is -0.120. The lowest BCUT2D eigenvalue weighted by Gasteiger charge is -2.04. The maximum absolute atomic E-state index is 12.6. The highest BCUT2D eigenvalue weighted by molar-refractivity contribution is 7.17. The number of thiazole rings is 2. The van der Waals surface area contributed by atoms with E-state index in [-0.39, 0.29) is 5.91 Å². The fraction of sp³-hybridized carbons (Fsp3) is 0.261. The molecule has 0 atom stereocenters. The van der Waals surface area contributed by atoms with Crippen LogP contribution in [0.1, 0.15) is 28.4 Å². The molecule has 4 rings (SSSR count). The third-order valence-corrected chi connectivity index (χ3v) is 7.61. The summed E-state index contributed by atoms with van der Waals surface area (Å²) < 4.78 is 0. The van der Waals surface area contributed by atoms with E-state index in [1.807, 2.05) is 36.6 Å². The average Bonchev–Trinajstić information content (AvgIpc) is 3.49. The molecule has 0 aliphatic heterocycles. The molecule has 30 heavy (non-hydrogen) atoms. The number of hydrogen-bond acceptors (Lipinski definition) is 6. The van der Waals surface area contributed by atoms with E-state index >= 15 is 0 Å². The van der Waals surface area contributed by atoms with Gasteiger partial charge in [-0.3, -0.25) is 4.79 Å². The number of unbranched alkanes of at least 4 members (excludes halogenated alkanes) is 1. The molecular formula is C23H23N3OS3. The van der Waals surface area contributed by atoms with Crippen molar-refractivity contribution in [2.24, 2.45) is 0 Å². The third kappa shape index (κ3) is 5.41. The Kier molecular flexibility index (Phi) is 7.04. The highest BCUT2D eigenvalue weighted by Gasteiger charge is 2.17. The van der Waals surface area contributed by atoms with Crippen molar-refractivity contribution in [3.63, 3.8) is 0 Å². The van der Waals surface area contributed by atoms with Crippen LogP contribution < -0.4 is 5.32 Å². The van der Waals surface area contributed by atoms with Gasteiger partial charge in [0.25, 0.3) is 0 Å². The SMILES string of the molecule is Cc1csc(CCCCNC(=O)Cc2sc(-c3ccccc3)nc2-c2cccs2)n1. The zero-order valence-corrected chi connectivity index (χ0v) is 19.2. The number of nitrogens with one attached hydrogen (secondary N) is 1. The Bertz CT molecular complexity index is 1080. The van der Waals surface area contributed by atoms with Gasteiger partial charge in [-0.2, -0.15) is 0 Å². The zero-order valence-electron chi connectivity index (χ0n) is 16.8. The van der Waals surface area contributed by atoms with E-state index in [4.69, 9.17) is 4.98 Å². The molecule has 154 valence electrons. The van der Waals surface area contributed by atoms with Crippen molar-refractivity contribution in [2.45, 2.75) is 32.6 Å². The van der Waals surface area contributed by atoms with Crippen LogP contribution in [-0.4, -0.2) is 22.4 Å². The molecule has 1 amide bonds. The minimum Gasteiger partial charge on any atom is -0.356 e. The number of aryl methyl sites for hydroxylation is 2. The Labute approximate surface area is 188 Å². The summed E-state index contributed by atoms with van der Waals surface area (Å²) in [6.07, 6.45) is 3.34. The van der Waals surface area contributed by atoms with E-state index in [0.29, 0.717) is 13.0 Å². The maximum atomic E-state index is 12.6. The second-order valence-corrected chi connectivity index (χ2v) is 9.97. The molecule has 0 aliphatic rings. The molecule has 0 unspecified atom stereocenters. The monoisotopic (exact) mass is 453 g/mol. The lowest BCUT2D eigenvalue weighted by Crippen LogP contribution is -2.26. The van der Waals surface area contributed by atoms with Gasteiger partial charge < -0.3 is 5.32 Å². The van der Waals surface area contributed by atoms with Crippen LogP contribution in [0.25, 0.3) is 21.1 Å². The number of carbonyl (C=O) groups excluding carboxylic acids is 1.